The van der Waals surface area contributed by atoms with Crippen LogP contribution in [0.4, 0.5) is 0 Å². The summed E-state index contributed by atoms with van der Waals surface area (Å²) in [5.74, 6) is 1.36. The quantitative estimate of drug-likeness (QED) is 0.724. The van der Waals surface area contributed by atoms with E-state index in [-0.39, 0.29) is 5.54 Å². The van der Waals surface area contributed by atoms with Gasteiger partial charge < -0.3 is 0 Å². The van der Waals surface area contributed by atoms with E-state index in [9.17, 15) is 0 Å². The van der Waals surface area contributed by atoms with Gasteiger partial charge in [0.05, 0.1) is 11.6 Å². The third-order valence-electron chi connectivity index (χ3n) is 4.14. The van der Waals surface area contributed by atoms with E-state index in [2.05, 4.69) is 20.8 Å². The second-order valence-corrected chi connectivity index (χ2v) is 5.08. The van der Waals surface area contributed by atoms with Crippen molar-refractivity contribution in [3.63, 3.8) is 0 Å². The lowest BCUT2D eigenvalue weighted by Gasteiger charge is -2.34. The first-order valence-electron chi connectivity index (χ1n) is 6.13. The second-order valence-electron chi connectivity index (χ2n) is 5.08. The number of hydrogen-bond donors (Lipinski definition) is 0. The maximum absolute atomic E-state index is 8.87. The molecule has 1 saturated carbocycles. The molecule has 1 fully saturated rings. The molecule has 0 bridgehead atoms. The number of fused-ring (bicyclic) bond motifs is 2. The van der Waals surface area contributed by atoms with Crippen molar-refractivity contribution in [3.05, 3.63) is 12.2 Å². The average molecular weight is 216 g/mol. The lowest BCUT2D eigenvalue weighted by atomic mass is 9.78. The molecule has 0 N–H and O–H groups in total. The molecule has 2 aliphatic rings. The van der Waals surface area contributed by atoms with Crippen molar-refractivity contribution in [1.82, 2.24) is 14.8 Å². The molecule has 1 aromatic heterocycles. The van der Waals surface area contributed by atoms with Gasteiger partial charge in [-0.05, 0) is 19.3 Å². The van der Waals surface area contributed by atoms with E-state index >= 15 is 0 Å². The highest BCUT2D eigenvalue weighted by Gasteiger charge is 2.45. The van der Waals surface area contributed by atoms with Crippen LogP contribution >= 0.6 is 0 Å². The van der Waals surface area contributed by atoms with E-state index < -0.39 is 0 Å². The highest BCUT2D eigenvalue weighted by Crippen LogP contribution is 2.48. The van der Waals surface area contributed by atoms with Gasteiger partial charge in [-0.1, -0.05) is 19.3 Å². The molecule has 16 heavy (non-hydrogen) atoms. The zero-order chi connectivity index (χ0) is 11.0. The van der Waals surface area contributed by atoms with Crippen LogP contribution in [0.5, 0.6) is 0 Å². The van der Waals surface area contributed by atoms with Gasteiger partial charge in [-0.2, -0.15) is 10.4 Å². The zero-order valence-electron chi connectivity index (χ0n) is 9.39. The Morgan fingerprint density at radius 3 is 3.00 bits per heavy atom. The number of aromatic nitrogens is 3. The number of rotatable bonds is 1. The highest BCUT2D eigenvalue weighted by atomic mass is 15.4. The lowest BCUT2D eigenvalue weighted by molar-refractivity contribution is 0.180. The van der Waals surface area contributed by atoms with Gasteiger partial charge in [0, 0.05) is 12.3 Å². The summed E-state index contributed by atoms with van der Waals surface area (Å²) in [6, 6.07) is 2.28. The zero-order valence-corrected chi connectivity index (χ0v) is 9.39. The number of nitriles is 1. The molecule has 4 heteroatoms. The van der Waals surface area contributed by atoms with Gasteiger partial charge in [0.1, 0.15) is 12.2 Å². The van der Waals surface area contributed by atoms with Gasteiger partial charge in [0.25, 0.3) is 0 Å². The van der Waals surface area contributed by atoms with Crippen molar-refractivity contribution in [3.8, 4) is 6.07 Å². The maximum Gasteiger partial charge on any atom is 0.138 e. The van der Waals surface area contributed by atoms with Gasteiger partial charge in [0.2, 0.25) is 0 Å². The summed E-state index contributed by atoms with van der Waals surface area (Å²) in [4.78, 5) is 4.35. The Bertz CT molecular complexity index is 422. The molecule has 84 valence electrons. The SMILES string of the molecule is N#CCC1CC2(CCCCC2)n2ncnc21. The molecule has 3 rings (SSSR count). The smallest absolute Gasteiger partial charge is 0.138 e. The van der Waals surface area contributed by atoms with Crippen LogP contribution in [0.3, 0.4) is 0 Å². The van der Waals surface area contributed by atoms with Crippen molar-refractivity contribution < 1.29 is 0 Å². The predicted molar refractivity (Wildman–Crippen MR) is 58.7 cm³/mol. The molecule has 0 saturated heterocycles. The Kier molecular flexibility index (Phi) is 2.20. The van der Waals surface area contributed by atoms with Crippen molar-refractivity contribution in [2.24, 2.45) is 0 Å². The van der Waals surface area contributed by atoms with Crippen LogP contribution in [0, 0.1) is 11.3 Å². The third kappa shape index (κ3) is 1.27. The minimum atomic E-state index is 0.200. The first-order chi connectivity index (χ1) is 7.86. The van der Waals surface area contributed by atoms with Gasteiger partial charge in [0.15, 0.2) is 0 Å². The second kappa shape index (κ2) is 3.58. The van der Waals surface area contributed by atoms with Crippen LogP contribution in [-0.2, 0) is 5.54 Å². The predicted octanol–water partition coefficient (Wildman–Crippen LogP) is 2.34. The molecule has 1 spiro atoms. The third-order valence-corrected chi connectivity index (χ3v) is 4.14. The Balaban J connectivity index is 1.97. The summed E-state index contributed by atoms with van der Waals surface area (Å²) in [7, 11) is 0. The molecule has 4 nitrogen and oxygen atoms in total. The molecule has 1 aromatic rings. The van der Waals surface area contributed by atoms with Crippen LogP contribution in [0.1, 0.15) is 56.7 Å². The van der Waals surface area contributed by atoms with Crippen LogP contribution in [0.25, 0.3) is 0 Å². The van der Waals surface area contributed by atoms with Gasteiger partial charge in [-0.3, -0.25) is 0 Å². The molecule has 0 amide bonds. The van der Waals surface area contributed by atoms with Crippen molar-refractivity contribution in [2.75, 3.05) is 0 Å². The Labute approximate surface area is 95.3 Å². The van der Waals surface area contributed by atoms with Crippen molar-refractivity contribution in [2.45, 2.75) is 56.4 Å². The molecular weight excluding hydrogens is 200 g/mol. The van der Waals surface area contributed by atoms with Crippen LogP contribution in [-0.4, -0.2) is 14.8 Å². The Morgan fingerprint density at radius 2 is 2.25 bits per heavy atom. The van der Waals surface area contributed by atoms with E-state index in [1.54, 1.807) is 6.33 Å². The summed E-state index contributed by atoms with van der Waals surface area (Å²) < 4.78 is 2.13. The van der Waals surface area contributed by atoms with E-state index in [1.165, 1.54) is 32.1 Å². The number of nitrogens with zero attached hydrogens (tertiary/aromatic N) is 4. The minimum Gasteiger partial charge on any atom is -0.244 e. The average Bonchev–Trinajstić information content (AvgIpc) is 2.86. The van der Waals surface area contributed by atoms with Crippen molar-refractivity contribution >= 4 is 0 Å². The Hall–Kier alpha value is -1.37. The molecule has 1 aliphatic carbocycles. The minimum absolute atomic E-state index is 0.200. The summed E-state index contributed by atoms with van der Waals surface area (Å²) in [6.07, 6.45) is 9.66. The molecule has 1 aliphatic heterocycles. The first kappa shape index (κ1) is 9.83. The molecule has 1 atom stereocenters. The summed E-state index contributed by atoms with van der Waals surface area (Å²) >= 11 is 0. The number of hydrogen-bond acceptors (Lipinski definition) is 3. The summed E-state index contributed by atoms with van der Waals surface area (Å²) in [5.41, 5.74) is 0.200. The molecular formula is C12H16N4. The van der Waals surface area contributed by atoms with Gasteiger partial charge >= 0.3 is 0 Å². The highest BCUT2D eigenvalue weighted by molar-refractivity contribution is 5.13. The largest absolute Gasteiger partial charge is 0.244 e. The van der Waals surface area contributed by atoms with Crippen LogP contribution < -0.4 is 0 Å². The maximum atomic E-state index is 8.87. The van der Waals surface area contributed by atoms with Crippen LogP contribution in [0.15, 0.2) is 6.33 Å². The van der Waals surface area contributed by atoms with E-state index in [1.807, 2.05) is 0 Å². The van der Waals surface area contributed by atoms with Gasteiger partial charge in [-0.15, -0.1) is 0 Å². The summed E-state index contributed by atoms with van der Waals surface area (Å²) in [6.45, 7) is 0. The molecule has 0 aromatic carbocycles. The van der Waals surface area contributed by atoms with E-state index in [0.29, 0.717) is 12.3 Å². The first-order valence-corrected chi connectivity index (χ1v) is 6.13. The molecule has 2 heterocycles. The topological polar surface area (TPSA) is 54.5 Å². The van der Waals surface area contributed by atoms with Crippen LogP contribution in [0.2, 0.25) is 0 Å². The monoisotopic (exact) mass is 216 g/mol. The fourth-order valence-corrected chi connectivity index (χ4v) is 3.43. The van der Waals surface area contributed by atoms with Gasteiger partial charge in [-0.25, -0.2) is 9.67 Å². The lowest BCUT2D eigenvalue weighted by Crippen LogP contribution is -2.33. The van der Waals surface area contributed by atoms with E-state index in [0.717, 1.165) is 12.2 Å². The molecule has 0 radical (unpaired) electrons. The standard InChI is InChI=1S/C12H16N4/c13-7-4-10-8-12(5-2-1-3-6-12)16-11(10)14-9-15-16/h9-10H,1-6,8H2. The molecule has 1 unspecified atom stereocenters. The normalized spacial score (nSPS) is 26.6. The fourth-order valence-electron chi connectivity index (χ4n) is 3.43. The Morgan fingerprint density at radius 1 is 1.44 bits per heavy atom. The van der Waals surface area contributed by atoms with Crippen molar-refractivity contribution in [1.29, 1.82) is 5.26 Å². The summed E-state index contributed by atoms with van der Waals surface area (Å²) in [5, 5.41) is 13.3. The van der Waals surface area contributed by atoms with E-state index in [4.69, 9.17) is 5.26 Å². The fraction of sp³-hybridized carbons (Fsp3) is 0.750.